The van der Waals surface area contributed by atoms with Crippen LogP contribution in [0.25, 0.3) is 16.9 Å². The molecule has 2 heterocycles. The Morgan fingerprint density at radius 3 is 2.82 bits per heavy atom. The quantitative estimate of drug-likeness (QED) is 0.749. The number of nitrogens with zero attached hydrogens (tertiary/aromatic N) is 3. The molecule has 0 atom stereocenters. The van der Waals surface area contributed by atoms with Gasteiger partial charge in [0.05, 0.1) is 16.7 Å². The van der Waals surface area contributed by atoms with E-state index < -0.39 is 0 Å². The zero-order valence-corrected chi connectivity index (χ0v) is 10.4. The molecule has 2 N–H and O–H groups in total. The summed E-state index contributed by atoms with van der Waals surface area (Å²) in [5.41, 5.74) is 8.50. The first-order chi connectivity index (χ1) is 8.25. The molecule has 0 unspecified atom stereocenters. The molecule has 0 aliphatic rings. The monoisotopic (exact) mass is 288 g/mol. The normalized spacial score (nSPS) is 10.9. The summed E-state index contributed by atoms with van der Waals surface area (Å²) in [4.78, 5) is 8.64. The summed E-state index contributed by atoms with van der Waals surface area (Å²) in [6.07, 6.45) is 3.46. The van der Waals surface area contributed by atoms with Gasteiger partial charge in [0.1, 0.15) is 6.33 Å². The van der Waals surface area contributed by atoms with Gasteiger partial charge in [-0.2, -0.15) is 0 Å². The van der Waals surface area contributed by atoms with Gasteiger partial charge in [0.2, 0.25) is 0 Å². The molecular weight excluding hydrogens is 280 g/mol. The lowest BCUT2D eigenvalue weighted by Gasteiger charge is -2.06. The molecule has 0 saturated heterocycles. The molecule has 0 radical (unpaired) electrons. The molecule has 0 fully saturated rings. The van der Waals surface area contributed by atoms with Crippen LogP contribution in [0.3, 0.4) is 0 Å². The van der Waals surface area contributed by atoms with Crippen LogP contribution in [-0.2, 0) is 0 Å². The Morgan fingerprint density at radius 1 is 1.18 bits per heavy atom. The van der Waals surface area contributed by atoms with Gasteiger partial charge in [-0.05, 0) is 34.1 Å². The molecule has 5 heteroatoms. The third-order valence-electron chi connectivity index (χ3n) is 2.54. The first-order valence-corrected chi connectivity index (χ1v) is 5.88. The minimum atomic E-state index is 0.613. The zero-order valence-electron chi connectivity index (χ0n) is 8.84. The maximum Gasteiger partial charge on any atom is 0.161 e. The van der Waals surface area contributed by atoms with Gasteiger partial charge in [0, 0.05) is 10.7 Å². The number of nitrogen functional groups attached to an aromatic ring is 1. The van der Waals surface area contributed by atoms with E-state index in [1.807, 2.05) is 34.9 Å². The average Bonchev–Trinajstić information content (AvgIpc) is 2.73. The fraction of sp³-hybridized carbons (Fsp3) is 0. The Kier molecular flexibility index (Phi) is 2.33. The maximum absolute atomic E-state index is 5.96. The van der Waals surface area contributed by atoms with E-state index in [4.69, 9.17) is 5.73 Å². The zero-order chi connectivity index (χ0) is 11.8. The number of imidazole rings is 1. The van der Waals surface area contributed by atoms with Crippen LogP contribution in [0.5, 0.6) is 0 Å². The minimum Gasteiger partial charge on any atom is -0.396 e. The Hall–Kier alpha value is -1.88. The largest absolute Gasteiger partial charge is 0.396 e. The predicted octanol–water partition coefficient (Wildman–Crippen LogP) is 2.77. The van der Waals surface area contributed by atoms with Crippen molar-refractivity contribution in [1.82, 2.24) is 14.5 Å². The number of hydrogen-bond acceptors (Lipinski definition) is 3. The van der Waals surface area contributed by atoms with E-state index >= 15 is 0 Å². The van der Waals surface area contributed by atoms with Crippen LogP contribution in [0.2, 0.25) is 0 Å². The highest BCUT2D eigenvalue weighted by Gasteiger charge is 2.08. The van der Waals surface area contributed by atoms with Gasteiger partial charge in [0.15, 0.2) is 5.82 Å². The number of rotatable bonds is 1. The number of pyridine rings is 1. The van der Waals surface area contributed by atoms with Crippen molar-refractivity contribution in [3.63, 3.8) is 0 Å². The molecular formula is C12H9BrN4. The van der Waals surface area contributed by atoms with Crippen LogP contribution in [0.1, 0.15) is 0 Å². The second-order valence-corrected chi connectivity index (χ2v) is 4.59. The first-order valence-electron chi connectivity index (χ1n) is 5.09. The van der Waals surface area contributed by atoms with Crippen molar-refractivity contribution >= 4 is 32.7 Å². The summed E-state index contributed by atoms with van der Waals surface area (Å²) in [6.45, 7) is 0. The highest BCUT2D eigenvalue weighted by molar-refractivity contribution is 9.10. The second-order valence-electron chi connectivity index (χ2n) is 3.67. The van der Waals surface area contributed by atoms with Crippen LogP contribution in [0.4, 0.5) is 5.69 Å². The van der Waals surface area contributed by atoms with E-state index in [2.05, 4.69) is 25.9 Å². The standard InChI is InChI=1S/C12H9BrN4/c13-8-5-9(14)12(15-6-8)17-7-16-10-3-1-2-4-11(10)17/h1-7H,14H2. The van der Waals surface area contributed by atoms with E-state index in [0.717, 1.165) is 15.5 Å². The van der Waals surface area contributed by atoms with Gasteiger partial charge >= 0.3 is 0 Å². The van der Waals surface area contributed by atoms with Crippen LogP contribution in [-0.4, -0.2) is 14.5 Å². The Labute approximate surface area is 106 Å². The molecule has 0 spiro atoms. The fourth-order valence-electron chi connectivity index (χ4n) is 1.78. The summed E-state index contributed by atoms with van der Waals surface area (Å²) in [5.74, 6) is 0.696. The van der Waals surface area contributed by atoms with Crippen LogP contribution in [0, 0.1) is 0 Å². The van der Waals surface area contributed by atoms with E-state index in [1.54, 1.807) is 12.5 Å². The fourth-order valence-corrected chi connectivity index (χ4v) is 2.13. The Balaban J connectivity index is 2.27. The molecule has 4 nitrogen and oxygen atoms in total. The number of nitrogens with two attached hydrogens (primary N) is 1. The Bertz CT molecular complexity index is 690. The molecule has 3 rings (SSSR count). The number of anilines is 1. The molecule has 1 aromatic carbocycles. The second kappa shape index (κ2) is 3.85. The van der Waals surface area contributed by atoms with Crippen molar-refractivity contribution in [2.45, 2.75) is 0 Å². The highest BCUT2D eigenvalue weighted by Crippen LogP contribution is 2.22. The van der Waals surface area contributed by atoms with Crippen molar-refractivity contribution in [3.05, 3.63) is 47.3 Å². The van der Waals surface area contributed by atoms with Gasteiger partial charge in [-0.1, -0.05) is 12.1 Å². The molecule has 2 aromatic heterocycles. The summed E-state index contributed by atoms with van der Waals surface area (Å²) in [6, 6.07) is 9.71. The molecule has 3 aromatic rings. The predicted molar refractivity (Wildman–Crippen MR) is 71.0 cm³/mol. The molecule has 0 aliphatic carbocycles. The van der Waals surface area contributed by atoms with E-state index in [-0.39, 0.29) is 0 Å². The number of aromatic nitrogens is 3. The first kappa shape index (κ1) is 10.3. The summed E-state index contributed by atoms with van der Waals surface area (Å²) < 4.78 is 2.75. The van der Waals surface area contributed by atoms with Crippen LogP contribution >= 0.6 is 15.9 Å². The molecule has 0 aliphatic heterocycles. The van der Waals surface area contributed by atoms with E-state index in [1.165, 1.54) is 0 Å². The molecule has 0 saturated carbocycles. The van der Waals surface area contributed by atoms with Gasteiger partial charge in [0.25, 0.3) is 0 Å². The number of para-hydroxylation sites is 2. The molecule has 84 valence electrons. The third-order valence-corrected chi connectivity index (χ3v) is 2.98. The van der Waals surface area contributed by atoms with Crippen molar-refractivity contribution < 1.29 is 0 Å². The topological polar surface area (TPSA) is 56.7 Å². The van der Waals surface area contributed by atoms with Crippen molar-refractivity contribution in [1.29, 1.82) is 0 Å². The number of halogens is 1. The summed E-state index contributed by atoms with van der Waals surface area (Å²) in [7, 11) is 0. The van der Waals surface area contributed by atoms with E-state index in [0.29, 0.717) is 11.5 Å². The lowest BCUT2D eigenvalue weighted by Crippen LogP contribution is -2.01. The van der Waals surface area contributed by atoms with E-state index in [9.17, 15) is 0 Å². The van der Waals surface area contributed by atoms with Gasteiger partial charge < -0.3 is 5.73 Å². The van der Waals surface area contributed by atoms with Gasteiger partial charge in [-0.3, -0.25) is 4.57 Å². The smallest absolute Gasteiger partial charge is 0.161 e. The van der Waals surface area contributed by atoms with Gasteiger partial charge in [-0.25, -0.2) is 9.97 Å². The molecule has 0 bridgehead atoms. The van der Waals surface area contributed by atoms with Gasteiger partial charge in [-0.15, -0.1) is 0 Å². The number of benzene rings is 1. The van der Waals surface area contributed by atoms with Crippen LogP contribution in [0.15, 0.2) is 47.3 Å². The number of hydrogen-bond donors (Lipinski definition) is 1. The average molecular weight is 289 g/mol. The van der Waals surface area contributed by atoms with Crippen molar-refractivity contribution in [3.8, 4) is 5.82 Å². The molecule has 17 heavy (non-hydrogen) atoms. The van der Waals surface area contributed by atoms with Crippen molar-refractivity contribution in [2.24, 2.45) is 0 Å². The highest BCUT2D eigenvalue weighted by atomic mass is 79.9. The summed E-state index contributed by atoms with van der Waals surface area (Å²) >= 11 is 3.34. The SMILES string of the molecule is Nc1cc(Br)cnc1-n1cnc2ccccc21. The van der Waals surface area contributed by atoms with Crippen LogP contribution < -0.4 is 5.73 Å². The van der Waals surface area contributed by atoms with Crippen molar-refractivity contribution in [2.75, 3.05) is 5.73 Å². The Morgan fingerprint density at radius 2 is 2.00 bits per heavy atom. The lowest BCUT2D eigenvalue weighted by atomic mass is 10.3. The lowest BCUT2D eigenvalue weighted by molar-refractivity contribution is 1.02. The number of fused-ring (bicyclic) bond motifs is 1. The molecule has 0 amide bonds. The minimum absolute atomic E-state index is 0.613. The maximum atomic E-state index is 5.96. The summed E-state index contributed by atoms with van der Waals surface area (Å²) in [5, 5.41) is 0. The third kappa shape index (κ3) is 1.68.